The molecule has 0 radical (unpaired) electrons. The zero-order valence-corrected chi connectivity index (χ0v) is 12.3. The van der Waals surface area contributed by atoms with Gasteiger partial charge >= 0.3 is 0 Å². The first-order valence-electron chi connectivity index (χ1n) is 7.04. The van der Waals surface area contributed by atoms with E-state index in [0.29, 0.717) is 0 Å². The molecule has 5 heteroatoms. The van der Waals surface area contributed by atoms with Crippen LogP contribution in [0.25, 0.3) is 28.2 Å². The second kappa shape index (κ2) is 4.80. The van der Waals surface area contributed by atoms with Crippen LogP contribution in [0.5, 0.6) is 0 Å². The van der Waals surface area contributed by atoms with Gasteiger partial charge in [-0.1, -0.05) is 18.2 Å². The highest BCUT2D eigenvalue weighted by Crippen LogP contribution is 2.26. The minimum absolute atomic E-state index is 0.744. The van der Waals surface area contributed by atoms with Gasteiger partial charge in [0.25, 0.3) is 0 Å². The van der Waals surface area contributed by atoms with Gasteiger partial charge < -0.3 is 4.42 Å². The van der Waals surface area contributed by atoms with Crippen LogP contribution in [0.2, 0.25) is 0 Å². The van der Waals surface area contributed by atoms with Crippen molar-refractivity contribution in [1.29, 1.82) is 0 Å². The van der Waals surface area contributed by atoms with Crippen LogP contribution < -0.4 is 0 Å². The maximum atomic E-state index is 5.38. The first kappa shape index (κ1) is 12.8. The SMILES string of the molecule is Cc1cccc(C)c1-n1ncnc1-c1ccc2ncoc2c1. The molecule has 0 bridgehead atoms. The molecule has 0 atom stereocenters. The summed E-state index contributed by atoms with van der Waals surface area (Å²) >= 11 is 0. The monoisotopic (exact) mass is 290 g/mol. The molecule has 4 rings (SSSR count). The molecule has 0 aliphatic rings. The van der Waals surface area contributed by atoms with Gasteiger partial charge in [-0.05, 0) is 43.2 Å². The Labute approximate surface area is 127 Å². The Morgan fingerprint density at radius 2 is 1.82 bits per heavy atom. The largest absolute Gasteiger partial charge is 0.443 e. The number of nitrogens with zero attached hydrogens (tertiary/aromatic N) is 4. The fourth-order valence-electron chi connectivity index (χ4n) is 2.74. The minimum Gasteiger partial charge on any atom is -0.443 e. The van der Waals surface area contributed by atoms with E-state index in [2.05, 4.69) is 41.0 Å². The molecule has 108 valence electrons. The first-order chi connectivity index (χ1) is 10.7. The van der Waals surface area contributed by atoms with Crippen molar-refractivity contribution in [3.05, 3.63) is 60.2 Å². The van der Waals surface area contributed by atoms with Gasteiger partial charge in [0.05, 0.1) is 5.69 Å². The van der Waals surface area contributed by atoms with Crippen molar-refractivity contribution < 1.29 is 4.42 Å². The van der Waals surface area contributed by atoms with Gasteiger partial charge in [0.2, 0.25) is 0 Å². The molecular formula is C17H14N4O. The van der Waals surface area contributed by atoms with Crippen molar-refractivity contribution in [2.75, 3.05) is 0 Å². The highest BCUT2D eigenvalue weighted by Gasteiger charge is 2.14. The molecule has 0 aliphatic carbocycles. The third-order valence-corrected chi connectivity index (χ3v) is 3.79. The van der Waals surface area contributed by atoms with E-state index >= 15 is 0 Å². The first-order valence-corrected chi connectivity index (χ1v) is 7.04. The third-order valence-electron chi connectivity index (χ3n) is 3.79. The summed E-state index contributed by atoms with van der Waals surface area (Å²) in [4.78, 5) is 8.57. The number of rotatable bonds is 2. The summed E-state index contributed by atoms with van der Waals surface area (Å²) in [7, 11) is 0. The second-order valence-electron chi connectivity index (χ2n) is 5.27. The van der Waals surface area contributed by atoms with E-state index in [4.69, 9.17) is 4.42 Å². The highest BCUT2D eigenvalue weighted by atomic mass is 16.3. The van der Waals surface area contributed by atoms with Gasteiger partial charge in [-0.15, -0.1) is 0 Å². The van der Waals surface area contributed by atoms with Crippen LogP contribution in [-0.4, -0.2) is 19.7 Å². The van der Waals surface area contributed by atoms with E-state index in [1.54, 1.807) is 6.33 Å². The summed E-state index contributed by atoms with van der Waals surface area (Å²) in [5.74, 6) is 0.788. The number of hydrogen-bond acceptors (Lipinski definition) is 4. The Balaban J connectivity index is 1.93. The summed E-state index contributed by atoms with van der Waals surface area (Å²) in [5, 5.41) is 4.41. The molecule has 5 nitrogen and oxygen atoms in total. The number of benzene rings is 2. The highest BCUT2D eigenvalue weighted by molar-refractivity contribution is 5.78. The lowest BCUT2D eigenvalue weighted by atomic mass is 10.1. The molecule has 2 aromatic carbocycles. The van der Waals surface area contributed by atoms with Crippen molar-refractivity contribution in [2.45, 2.75) is 13.8 Å². The molecule has 22 heavy (non-hydrogen) atoms. The third kappa shape index (κ3) is 1.90. The Bertz CT molecular complexity index is 947. The molecule has 0 fully saturated rings. The van der Waals surface area contributed by atoms with Crippen LogP contribution in [0, 0.1) is 13.8 Å². The molecule has 4 aromatic rings. The quantitative estimate of drug-likeness (QED) is 0.565. The molecule has 0 aliphatic heterocycles. The number of aromatic nitrogens is 4. The topological polar surface area (TPSA) is 56.7 Å². The molecular weight excluding hydrogens is 276 g/mol. The maximum Gasteiger partial charge on any atom is 0.181 e. The minimum atomic E-state index is 0.744. The molecule has 0 unspecified atom stereocenters. The standard InChI is InChI=1S/C17H14N4O/c1-11-4-3-5-12(2)16(11)21-17(18-9-20-21)13-6-7-14-15(8-13)22-10-19-14/h3-10H,1-2H3. The van der Waals surface area contributed by atoms with Crippen LogP contribution in [-0.2, 0) is 0 Å². The van der Waals surface area contributed by atoms with Gasteiger partial charge in [-0.3, -0.25) is 0 Å². The van der Waals surface area contributed by atoms with Crippen LogP contribution in [0.3, 0.4) is 0 Å². The molecule has 0 spiro atoms. The number of oxazole rings is 1. The van der Waals surface area contributed by atoms with E-state index in [1.165, 1.54) is 6.39 Å². The zero-order chi connectivity index (χ0) is 15.1. The fourth-order valence-corrected chi connectivity index (χ4v) is 2.74. The number of aryl methyl sites for hydroxylation is 2. The average Bonchev–Trinajstić information content (AvgIpc) is 3.15. The van der Waals surface area contributed by atoms with Crippen LogP contribution in [0.1, 0.15) is 11.1 Å². The van der Waals surface area contributed by atoms with Gasteiger partial charge in [-0.25, -0.2) is 14.6 Å². The van der Waals surface area contributed by atoms with Crippen molar-refractivity contribution in [3.63, 3.8) is 0 Å². The fraction of sp³-hybridized carbons (Fsp3) is 0.118. The second-order valence-corrected chi connectivity index (χ2v) is 5.27. The average molecular weight is 290 g/mol. The zero-order valence-electron chi connectivity index (χ0n) is 12.3. The predicted octanol–water partition coefficient (Wildman–Crippen LogP) is 3.69. The summed E-state index contributed by atoms with van der Waals surface area (Å²) in [6.07, 6.45) is 3.02. The van der Waals surface area contributed by atoms with Crippen molar-refractivity contribution in [3.8, 4) is 17.1 Å². The summed E-state index contributed by atoms with van der Waals surface area (Å²) in [6, 6.07) is 12.1. The van der Waals surface area contributed by atoms with E-state index in [-0.39, 0.29) is 0 Å². The van der Waals surface area contributed by atoms with Gasteiger partial charge in [0.1, 0.15) is 11.8 Å². The van der Waals surface area contributed by atoms with Crippen LogP contribution in [0.4, 0.5) is 0 Å². The Kier molecular flexibility index (Phi) is 2.79. The van der Waals surface area contributed by atoms with Crippen LogP contribution >= 0.6 is 0 Å². The Morgan fingerprint density at radius 1 is 1.00 bits per heavy atom. The van der Waals surface area contributed by atoms with Gasteiger partial charge in [0, 0.05) is 5.56 Å². The lowest BCUT2D eigenvalue weighted by Crippen LogP contribution is -2.04. The predicted molar refractivity (Wildman–Crippen MR) is 83.8 cm³/mol. The van der Waals surface area contributed by atoms with Crippen molar-refractivity contribution in [2.24, 2.45) is 0 Å². The summed E-state index contributed by atoms with van der Waals surface area (Å²) < 4.78 is 7.26. The van der Waals surface area contributed by atoms with E-state index in [9.17, 15) is 0 Å². The Morgan fingerprint density at radius 3 is 2.64 bits per heavy atom. The smallest absolute Gasteiger partial charge is 0.181 e. The number of fused-ring (bicyclic) bond motifs is 1. The molecule has 2 aromatic heterocycles. The van der Waals surface area contributed by atoms with E-state index < -0.39 is 0 Å². The molecule has 0 amide bonds. The van der Waals surface area contributed by atoms with Crippen molar-refractivity contribution in [1.82, 2.24) is 19.7 Å². The normalized spacial score (nSPS) is 11.2. The molecule has 0 saturated heterocycles. The molecule has 0 saturated carbocycles. The van der Waals surface area contributed by atoms with Gasteiger partial charge in [0.15, 0.2) is 17.8 Å². The van der Waals surface area contributed by atoms with Gasteiger partial charge in [-0.2, -0.15) is 5.10 Å². The summed E-state index contributed by atoms with van der Waals surface area (Å²) in [5.41, 5.74) is 5.91. The maximum absolute atomic E-state index is 5.38. The van der Waals surface area contributed by atoms with Crippen molar-refractivity contribution >= 4 is 11.1 Å². The lowest BCUT2D eigenvalue weighted by molar-refractivity contribution is 0.602. The number of hydrogen-bond donors (Lipinski definition) is 0. The number of para-hydroxylation sites is 1. The van der Waals surface area contributed by atoms with Crippen LogP contribution in [0.15, 0.2) is 53.5 Å². The molecule has 2 heterocycles. The Hall–Kier alpha value is -2.95. The summed E-state index contributed by atoms with van der Waals surface area (Å²) in [6.45, 7) is 4.15. The lowest BCUT2D eigenvalue weighted by Gasteiger charge is -2.12. The van der Waals surface area contributed by atoms with E-state index in [0.717, 1.165) is 39.3 Å². The molecule has 0 N–H and O–H groups in total. The van der Waals surface area contributed by atoms with E-state index in [1.807, 2.05) is 28.9 Å².